The van der Waals surface area contributed by atoms with Crippen LogP contribution in [-0.2, 0) is 9.53 Å². The van der Waals surface area contributed by atoms with Gasteiger partial charge in [0.25, 0.3) is 0 Å². The van der Waals surface area contributed by atoms with Crippen molar-refractivity contribution in [1.29, 1.82) is 15.8 Å². The lowest BCUT2D eigenvalue weighted by molar-refractivity contribution is -0.119. The minimum absolute atomic E-state index is 0.0347. The number of nitrogens with zero attached hydrogens (tertiary/aromatic N) is 3. The number of ether oxygens (including phenoxy) is 1. The molecule has 100 valence electrons. The maximum Gasteiger partial charge on any atom is 0.215 e. The van der Waals surface area contributed by atoms with Crippen molar-refractivity contribution in [2.75, 3.05) is 0 Å². The zero-order valence-electron chi connectivity index (χ0n) is 11.1. The molecule has 0 aromatic heterocycles. The van der Waals surface area contributed by atoms with Crippen molar-refractivity contribution in [2.45, 2.75) is 26.7 Å². The lowest BCUT2D eigenvalue weighted by Gasteiger charge is -2.37. The van der Waals surface area contributed by atoms with Gasteiger partial charge in [-0.05, 0) is 5.41 Å². The van der Waals surface area contributed by atoms with E-state index < -0.39 is 5.41 Å². The highest BCUT2D eigenvalue weighted by atomic mass is 16.5. The van der Waals surface area contributed by atoms with Gasteiger partial charge in [0.1, 0.15) is 17.4 Å². The molecule has 0 spiro atoms. The molecule has 0 aromatic carbocycles. The van der Waals surface area contributed by atoms with Gasteiger partial charge in [0.05, 0.1) is 17.7 Å². The predicted octanol–water partition coefficient (Wildman–Crippen LogP) is 1.39. The van der Waals surface area contributed by atoms with Crippen LogP contribution in [0.3, 0.4) is 0 Å². The predicted molar refractivity (Wildman–Crippen MR) is 66.6 cm³/mol. The van der Waals surface area contributed by atoms with Gasteiger partial charge in [0.15, 0.2) is 5.78 Å². The number of Topliss-reactive ketones (excluding diaryl/α,β-unsaturated/α-hetero) is 1. The molecule has 0 saturated heterocycles. The summed E-state index contributed by atoms with van der Waals surface area (Å²) >= 11 is 0. The minimum Gasteiger partial charge on any atom is -0.444 e. The lowest BCUT2D eigenvalue weighted by atomic mass is 9.66. The topological polar surface area (TPSA) is 124 Å². The van der Waals surface area contributed by atoms with Crippen LogP contribution in [0.25, 0.3) is 0 Å². The number of rotatable bonds is 0. The van der Waals surface area contributed by atoms with E-state index in [4.69, 9.17) is 15.7 Å². The molecule has 0 saturated carbocycles. The Balaban J connectivity index is 2.75. The smallest absolute Gasteiger partial charge is 0.215 e. The molecule has 0 radical (unpaired) electrons. The summed E-state index contributed by atoms with van der Waals surface area (Å²) in [6.45, 7) is 3.77. The summed E-state index contributed by atoms with van der Waals surface area (Å²) in [6.07, 6.45) is 0.581. The van der Waals surface area contributed by atoms with Crippen LogP contribution in [0.5, 0.6) is 0 Å². The maximum absolute atomic E-state index is 12.3. The number of hydrogen-bond acceptors (Lipinski definition) is 6. The van der Waals surface area contributed by atoms with Crippen molar-refractivity contribution >= 4 is 5.78 Å². The highest BCUT2D eigenvalue weighted by molar-refractivity contribution is 6.01. The first-order valence-electron chi connectivity index (χ1n) is 5.99. The number of carbonyl (C=O) groups excluding carboxylic acids is 1. The molecule has 2 aliphatic rings. The van der Waals surface area contributed by atoms with Gasteiger partial charge in [0, 0.05) is 12.8 Å². The van der Waals surface area contributed by atoms with Crippen LogP contribution in [-0.4, -0.2) is 5.78 Å². The van der Waals surface area contributed by atoms with Crippen molar-refractivity contribution in [3.05, 3.63) is 22.8 Å². The largest absolute Gasteiger partial charge is 0.444 e. The second-order valence-electron chi connectivity index (χ2n) is 5.67. The first-order valence-corrected chi connectivity index (χ1v) is 5.99. The van der Waals surface area contributed by atoms with Crippen molar-refractivity contribution in [1.82, 2.24) is 0 Å². The standard InChI is InChI=1S/C14H12N4O2/c1-13(2)3-9(19)11-10(4-13)20-12(18)8(5-15)14(11,6-16)7-17/h3-4,18H2,1-2H3. The van der Waals surface area contributed by atoms with Gasteiger partial charge in [-0.3, -0.25) is 4.79 Å². The van der Waals surface area contributed by atoms with Gasteiger partial charge < -0.3 is 10.5 Å². The van der Waals surface area contributed by atoms with Gasteiger partial charge in [-0.1, -0.05) is 13.8 Å². The van der Waals surface area contributed by atoms with Crippen LogP contribution in [0.1, 0.15) is 26.7 Å². The zero-order chi connectivity index (χ0) is 15.1. The third-order valence-electron chi connectivity index (χ3n) is 3.51. The minimum atomic E-state index is -1.96. The van der Waals surface area contributed by atoms with Gasteiger partial charge in [-0.15, -0.1) is 0 Å². The fourth-order valence-corrected chi connectivity index (χ4v) is 2.65. The molecule has 0 aromatic rings. The quantitative estimate of drug-likeness (QED) is 0.707. The summed E-state index contributed by atoms with van der Waals surface area (Å²) in [5.74, 6) is -0.398. The van der Waals surface area contributed by atoms with Gasteiger partial charge in [-0.25, -0.2) is 0 Å². The molecule has 20 heavy (non-hydrogen) atoms. The molecule has 0 atom stereocenters. The molecule has 1 heterocycles. The molecule has 0 fully saturated rings. The maximum atomic E-state index is 12.3. The Morgan fingerprint density at radius 1 is 1.20 bits per heavy atom. The number of ketones is 1. The van der Waals surface area contributed by atoms with E-state index in [1.165, 1.54) is 0 Å². The van der Waals surface area contributed by atoms with Crippen LogP contribution in [0.15, 0.2) is 22.8 Å². The first kappa shape index (κ1) is 13.6. The highest BCUT2D eigenvalue weighted by Gasteiger charge is 2.53. The van der Waals surface area contributed by atoms with Gasteiger partial charge in [0.2, 0.25) is 11.3 Å². The van der Waals surface area contributed by atoms with Gasteiger partial charge >= 0.3 is 0 Å². The number of nitriles is 3. The summed E-state index contributed by atoms with van der Waals surface area (Å²) in [7, 11) is 0. The molecule has 1 aliphatic carbocycles. The fraction of sp³-hybridized carbons (Fsp3) is 0.429. The Kier molecular flexibility index (Phi) is 2.81. The molecule has 0 amide bonds. The van der Waals surface area contributed by atoms with E-state index >= 15 is 0 Å². The second kappa shape index (κ2) is 4.11. The van der Waals surface area contributed by atoms with Crippen LogP contribution in [0.2, 0.25) is 0 Å². The van der Waals surface area contributed by atoms with Crippen molar-refractivity contribution in [2.24, 2.45) is 16.6 Å². The van der Waals surface area contributed by atoms with Crippen molar-refractivity contribution in [3.8, 4) is 18.2 Å². The Labute approximate surface area is 116 Å². The number of allylic oxidation sites excluding steroid dienone is 3. The van der Waals surface area contributed by atoms with Crippen LogP contribution < -0.4 is 5.73 Å². The van der Waals surface area contributed by atoms with E-state index in [0.717, 1.165) is 0 Å². The molecule has 0 bridgehead atoms. The summed E-state index contributed by atoms with van der Waals surface area (Å²) in [4.78, 5) is 12.3. The normalized spacial score (nSPS) is 23.1. The first-order chi connectivity index (χ1) is 9.31. The number of hydrogen-bond donors (Lipinski definition) is 1. The fourth-order valence-electron chi connectivity index (χ4n) is 2.65. The summed E-state index contributed by atoms with van der Waals surface area (Å²) < 4.78 is 5.35. The molecular weight excluding hydrogens is 256 g/mol. The van der Waals surface area contributed by atoms with Crippen LogP contribution >= 0.6 is 0 Å². The average molecular weight is 268 g/mol. The highest BCUT2D eigenvalue weighted by Crippen LogP contribution is 2.49. The Morgan fingerprint density at radius 3 is 2.30 bits per heavy atom. The summed E-state index contributed by atoms with van der Waals surface area (Å²) in [6, 6.07) is 5.27. The Morgan fingerprint density at radius 2 is 1.80 bits per heavy atom. The average Bonchev–Trinajstić information content (AvgIpc) is 2.35. The molecule has 6 nitrogen and oxygen atoms in total. The van der Waals surface area contributed by atoms with E-state index in [0.29, 0.717) is 6.42 Å². The zero-order valence-corrected chi connectivity index (χ0v) is 11.1. The second-order valence-corrected chi connectivity index (χ2v) is 5.67. The van der Waals surface area contributed by atoms with E-state index in [-0.39, 0.29) is 40.4 Å². The van der Waals surface area contributed by atoms with Crippen molar-refractivity contribution in [3.63, 3.8) is 0 Å². The molecule has 1 aliphatic heterocycles. The monoisotopic (exact) mass is 268 g/mol. The van der Waals surface area contributed by atoms with Crippen LogP contribution in [0, 0.1) is 44.8 Å². The third kappa shape index (κ3) is 1.65. The van der Waals surface area contributed by atoms with E-state index in [9.17, 15) is 15.3 Å². The molecule has 6 heteroatoms. The summed E-state index contributed by atoms with van der Waals surface area (Å²) in [5.41, 5.74) is 3.00. The van der Waals surface area contributed by atoms with Crippen molar-refractivity contribution < 1.29 is 9.53 Å². The van der Waals surface area contributed by atoms with Crippen LogP contribution in [0.4, 0.5) is 0 Å². The number of nitrogens with two attached hydrogens (primary N) is 1. The SMILES string of the molecule is CC1(C)CC(=O)C2=C(C1)OC(N)=C(C#N)C2(C#N)C#N. The van der Waals surface area contributed by atoms with E-state index in [2.05, 4.69) is 0 Å². The molecule has 2 N–H and O–H groups in total. The van der Waals surface area contributed by atoms with E-state index in [1.54, 1.807) is 18.2 Å². The van der Waals surface area contributed by atoms with Gasteiger partial charge in [-0.2, -0.15) is 15.8 Å². The summed E-state index contributed by atoms with van der Waals surface area (Å²) in [5, 5.41) is 27.9. The molecular formula is C14H12N4O2. The molecule has 2 rings (SSSR count). The third-order valence-corrected chi connectivity index (χ3v) is 3.51. The number of carbonyl (C=O) groups is 1. The lowest BCUT2D eigenvalue weighted by Crippen LogP contribution is -2.39. The molecule has 0 unspecified atom stereocenters. The Hall–Kier alpha value is -2.78. The van der Waals surface area contributed by atoms with E-state index in [1.807, 2.05) is 13.8 Å². The Bertz CT molecular complexity index is 678.